The fourth-order valence-corrected chi connectivity index (χ4v) is 9.13. The van der Waals surface area contributed by atoms with Crippen molar-refractivity contribution in [3.8, 4) is 41.1 Å². The number of hydrogen-bond acceptors (Lipinski definition) is 7. The Balaban J connectivity index is 0.780. The number of hydrogen-bond donors (Lipinski definition) is 2. The Labute approximate surface area is 351 Å². The van der Waals surface area contributed by atoms with Crippen molar-refractivity contribution in [3.05, 3.63) is 110 Å². The lowest BCUT2D eigenvalue weighted by Gasteiger charge is -2.36. The molecule has 59 heavy (non-hydrogen) atoms. The van der Waals surface area contributed by atoms with Crippen LogP contribution in [0.15, 0.2) is 60.7 Å². The monoisotopic (exact) mass is 805 g/mol. The van der Waals surface area contributed by atoms with Gasteiger partial charge in [0.15, 0.2) is 0 Å². The molecule has 2 saturated heterocycles. The van der Waals surface area contributed by atoms with Crippen LogP contribution in [0.25, 0.3) is 11.3 Å². The first-order chi connectivity index (χ1) is 28.6. The molecule has 3 aromatic carbocycles. The Morgan fingerprint density at radius 3 is 2.49 bits per heavy atom. The number of rotatable bonds is 7. The SMILES string of the molecule is Cc1c(-c2ccc(C#N)c(Cl)c2)nn(Cc2ccc(C#CC3CCC(CN4CCCC(NC#Cc5ccc6c(c5)C(=O)N(C5CCC(=O)NC5=O)C6)C4)CC3)cc2)c1C. The summed E-state index contributed by atoms with van der Waals surface area (Å²) in [5.41, 5.74) is 8.85. The number of benzene rings is 3. The number of likely N-dealkylation sites (tertiary alicyclic amines) is 1. The third-order valence-corrected chi connectivity index (χ3v) is 12.8. The summed E-state index contributed by atoms with van der Waals surface area (Å²) < 4.78 is 2.02. The fraction of sp³-hybridized carbons (Fsp3) is 0.396. The van der Waals surface area contributed by atoms with Gasteiger partial charge in [-0.15, -0.1) is 0 Å². The van der Waals surface area contributed by atoms with Gasteiger partial charge < -0.3 is 15.1 Å². The molecular weight excluding hydrogens is 758 g/mol. The van der Waals surface area contributed by atoms with Crippen molar-refractivity contribution in [2.75, 3.05) is 19.6 Å². The van der Waals surface area contributed by atoms with Crippen LogP contribution in [0.5, 0.6) is 0 Å². The van der Waals surface area contributed by atoms with Gasteiger partial charge >= 0.3 is 0 Å². The van der Waals surface area contributed by atoms with E-state index < -0.39 is 11.9 Å². The lowest BCUT2D eigenvalue weighted by Crippen LogP contribution is -2.52. The highest BCUT2D eigenvalue weighted by molar-refractivity contribution is 6.32. The molecule has 1 saturated carbocycles. The summed E-state index contributed by atoms with van der Waals surface area (Å²) in [6.07, 6.45) is 7.48. The zero-order valence-electron chi connectivity index (χ0n) is 33.6. The smallest absolute Gasteiger partial charge is 0.255 e. The zero-order chi connectivity index (χ0) is 41.0. The standard InChI is InChI=1S/C48H48ClN7O3/c1-31-32(2)56(53-46(31)38-17-18-39(26-50)43(49)25-38)28-37-13-9-34(10-14-37)6-5-33-7-11-36(12-8-33)27-54-23-3-4-41(30-54)51-22-21-35-15-16-40-29-55(48(59)42(40)24-35)44-19-20-45(57)52-47(44)58/h9-10,13-18,24-25,33,36,41,44,51H,3-4,7-8,11-12,19-20,23,27-30H2,1-2H3,(H,52,57,58). The molecule has 0 spiro atoms. The molecule has 4 aromatic rings. The highest BCUT2D eigenvalue weighted by atomic mass is 35.5. The molecule has 4 aliphatic rings. The molecule has 2 unspecified atom stereocenters. The molecule has 1 aliphatic carbocycles. The maximum atomic E-state index is 13.2. The molecular formula is C48H48ClN7O3. The van der Waals surface area contributed by atoms with Crippen LogP contribution in [0.4, 0.5) is 0 Å². The minimum Gasteiger partial charge on any atom is -0.341 e. The normalized spacial score (nSPS) is 21.7. The van der Waals surface area contributed by atoms with Crippen molar-refractivity contribution in [1.82, 2.24) is 30.2 Å². The maximum Gasteiger partial charge on any atom is 0.255 e. The average molecular weight is 806 g/mol. The molecule has 11 heteroatoms. The molecule has 0 radical (unpaired) electrons. The molecule has 3 amide bonds. The predicted molar refractivity (Wildman–Crippen MR) is 227 cm³/mol. The second kappa shape index (κ2) is 17.6. The predicted octanol–water partition coefficient (Wildman–Crippen LogP) is 6.72. The first-order valence-corrected chi connectivity index (χ1v) is 21.1. The highest BCUT2D eigenvalue weighted by Gasteiger charge is 2.39. The van der Waals surface area contributed by atoms with Crippen LogP contribution >= 0.6 is 11.6 Å². The van der Waals surface area contributed by atoms with Gasteiger partial charge in [0.05, 0.1) is 22.8 Å². The number of carbonyl (C=O) groups is 3. The number of imide groups is 1. The van der Waals surface area contributed by atoms with Crippen LogP contribution < -0.4 is 10.6 Å². The second-order valence-electron chi connectivity index (χ2n) is 16.5. The van der Waals surface area contributed by atoms with E-state index >= 15 is 0 Å². The van der Waals surface area contributed by atoms with E-state index in [1.807, 2.05) is 35.0 Å². The first-order valence-electron chi connectivity index (χ1n) is 20.7. The lowest BCUT2D eigenvalue weighted by atomic mass is 9.81. The Kier molecular flexibility index (Phi) is 11.9. The van der Waals surface area contributed by atoms with Gasteiger partial charge in [-0.25, -0.2) is 0 Å². The van der Waals surface area contributed by atoms with Crippen molar-refractivity contribution < 1.29 is 14.4 Å². The molecule has 2 N–H and O–H groups in total. The van der Waals surface area contributed by atoms with Crippen molar-refractivity contribution >= 4 is 29.3 Å². The maximum absolute atomic E-state index is 13.2. The van der Waals surface area contributed by atoms with E-state index in [2.05, 4.69) is 83.5 Å². The molecule has 4 heterocycles. The molecule has 3 fully saturated rings. The number of aromatic nitrogens is 2. The van der Waals surface area contributed by atoms with Crippen LogP contribution in [0, 0.1) is 60.8 Å². The Morgan fingerprint density at radius 1 is 0.932 bits per heavy atom. The van der Waals surface area contributed by atoms with Gasteiger partial charge in [0.1, 0.15) is 12.1 Å². The van der Waals surface area contributed by atoms with Crippen molar-refractivity contribution in [3.63, 3.8) is 0 Å². The van der Waals surface area contributed by atoms with Gasteiger partial charge in [-0.05, 0) is 130 Å². The van der Waals surface area contributed by atoms with Crippen LogP contribution in [-0.2, 0) is 22.7 Å². The molecule has 300 valence electrons. The minimum atomic E-state index is -0.619. The summed E-state index contributed by atoms with van der Waals surface area (Å²) in [6.45, 7) is 8.37. The topological polar surface area (TPSA) is 123 Å². The molecule has 1 aromatic heterocycles. The second-order valence-corrected chi connectivity index (χ2v) is 16.9. The van der Waals surface area contributed by atoms with Gasteiger partial charge in [-0.1, -0.05) is 47.7 Å². The number of halogens is 1. The Bertz CT molecular complexity index is 2450. The Morgan fingerprint density at radius 2 is 1.73 bits per heavy atom. The number of carbonyl (C=O) groups excluding carboxylic acids is 3. The van der Waals surface area contributed by atoms with Gasteiger partial charge in [0, 0.05) is 72.0 Å². The van der Waals surface area contributed by atoms with Crippen LogP contribution in [0.1, 0.15) is 101 Å². The van der Waals surface area contributed by atoms with E-state index in [9.17, 15) is 19.6 Å². The van der Waals surface area contributed by atoms with Crippen LogP contribution in [0.2, 0.25) is 5.02 Å². The lowest BCUT2D eigenvalue weighted by molar-refractivity contribution is -0.136. The number of piperidine rings is 2. The Hall–Kier alpha value is -5.86. The molecule has 10 nitrogen and oxygen atoms in total. The van der Waals surface area contributed by atoms with Gasteiger partial charge in [0.25, 0.3) is 5.91 Å². The summed E-state index contributed by atoms with van der Waals surface area (Å²) >= 11 is 6.31. The van der Waals surface area contributed by atoms with Gasteiger partial charge in [-0.3, -0.25) is 24.4 Å². The third-order valence-electron chi connectivity index (χ3n) is 12.5. The summed E-state index contributed by atoms with van der Waals surface area (Å²) in [5.74, 6) is 10.5. The summed E-state index contributed by atoms with van der Waals surface area (Å²) in [5, 5.41) is 20.4. The van der Waals surface area contributed by atoms with E-state index in [1.165, 1.54) is 12.8 Å². The number of nitrogens with zero attached hydrogens (tertiary/aromatic N) is 5. The van der Waals surface area contributed by atoms with Gasteiger partial charge in [0.2, 0.25) is 11.8 Å². The zero-order valence-corrected chi connectivity index (χ0v) is 34.4. The largest absolute Gasteiger partial charge is 0.341 e. The molecule has 3 aliphatic heterocycles. The number of amides is 3. The molecule has 8 rings (SSSR count). The quantitative estimate of drug-likeness (QED) is 0.121. The highest BCUT2D eigenvalue weighted by Crippen LogP contribution is 2.32. The van der Waals surface area contributed by atoms with E-state index in [4.69, 9.17) is 16.7 Å². The number of nitrogens with one attached hydrogen (secondary N) is 2. The van der Waals surface area contributed by atoms with Crippen molar-refractivity contribution in [2.24, 2.45) is 11.8 Å². The fourth-order valence-electron chi connectivity index (χ4n) is 8.91. The summed E-state index contributed by atoms with van der Waals surface area (Å²) in [7, 11) is 0. The summed E-state index contributed by atoms with van der Waals surface area (Å²) in [6, 6.07) is 24.6. The van der Waals surface area contributed by atoms with E-state index in [0.717, 1.165) is 90.1 Å². The third kappa shape index (κ3) is 9.08. The first kappa shape index (κ1) is 39.9. The van der Waals surface area contributed by atoms with E-state index in [1.54, 1.807) is 11.0 Å². The average Bonchev–Trinajstić information content (AvgIpc) is 3.71. The number of fused-ring (bicyclic) bond motifs is 1. The van der Waals surface area contributed by atoms with Crippen molar-refractivity contribution in [1.29, 1.82) is 5.26 Å². The minimum absolute atomic E-state index is 0.183. The van der Waals surface area contributed by atoms with Gasteiger partial charge in [-0.2, -0.15) is 10.4 Å². The van der Waals surface area contributed by atoms with Crippen LogP contribution in [-0.4, -0.2) is 69.0 Å². The van der Waals surface area contributed by atoms with Crippen molar-refractivity contribution in [2.45, 2.75) is 90.4 Å². The summed E-state index contributed by atoms with van der Waals surface area (Å²) in [4.78, 5) is 41.3. The molecule has 0 bridgehead atoms. The van der Waals surface area contributed by atoms with Crippen LogP contribution in [0.3, 0.4) is 0 Å². The molecule has 2 atom stereocenters. The number of nitriles is 1. The van der Waals surface area contributed by atoms with E-state index in [-0.39, 0.29) is 18.2 Å². The van der Waals surface area contributed by atoms with E-state index in [0.29, 0.717) is 53.5 Å².